The number of piperidine rings is 1. The molecule has 1 aliphatic heterocycles. The van der Waals surface area contributed by atoms with Gasteiger partial charge in [0, 0.05) is 30.9 Å². The Kier molecular flexibility index (Phi) is 6.33. The Labute approximate surface area is 172 Å². The molecule has 2 aromatic rings. The molecule has 1 aromatic carbocycles. The van der Waals surface area contributed by atoms with Crippen molar-refractivity contribution in [2.75, 3.05) is 20.2 Å². The largest absolute Gasteiger partial charge is 0.496 e. The van der Waals surface area contributed by atoms with Crippen molar-refractivity contribution in [3.05, 3.63) is 46.8 Å². The minimum absolute atomic E-state index is 0.217. The van der Waals surface area contributed by atoms with E-state index in [0.29, 0.717) is 36.0 Å². The standard InChI is InChI=1S/C21H29N3O4S/c1-14-9-11-24(12-10-14)29(26,27)20-15(2)19(23-16(20)3)21(25)22-13-17-7-5-6-8-18(17)28-4/h5-8,14,23H,9-13H2,1-4H3,(H,22,25). The van der Waals surface area contributed by atoms with Crippen LogP contribution in [0.3, 0.4) is 0 Å². The zero-order valence-electron chi connectivity index (χ0n) is 17.4. The molecule has 0 spiro atoms. The van der Waals surface area contributed by atoms with Crippen LogP contribution in [0.2, 0.25) is 0 Å². The molecule has 7 nitrogen and oxygen atoms in total. The van der Waals surface area contributed by atoms with E-state index < -0.39 is 10.0 Å². The molecule has 2 heterocycles. The van der Waals surface area contributed by atoms with E-state index in [4.69, 9.17) is 4.74 Å². The second-order valence-corrected chi connectivity index (χ2v) is 9.54. The monoisotopic (exact) mass is 419 g/mol. The number of nitrogens with one attached hydrogen (secondary N) is 2. The summed E-state index contributed by atoms with van der Waals surface area (Å²) in [5.74, 6) is 0.881. The summed E-state index contributed by atoms with van der Waals surface area (Å²) in [7, 11) is -2.05. The van der Waals surface area contributed by atoms with Crippen LogP contribution in [0.15, 0.2) is 29.2 Å². The third-order valence-electron chi connectivity index (χ3n) is 5.57. The number of aromatic nitrogens is 1. The number of benzene rings is 1. The van der Waals surface area contributed by atoms with Crippen LogP contribution in [0.25, 0.3) is 0 Å². The van der Waals surface area contributed by atoms with Crippen molar-refractivity contribution in [3.8, 4) is 5.75 Å². The molecule has 1 aliphatic rings. The van der Waals surface area contributed by atoms with Crippen molar-refractivity contribution in [2.45, 2.75) is 45.1 Å². The van der Waals surface area contributed by atoms with Gasteiger partial charge in [-0.15, -0.1) is 0 Å². The predicted octanol–water partition coefficient (Wildman–Crippen LogP) is 2.99. The molecule has 1 amide bonds. The first-order chi connectivity index (χ1) is 13.8. The number of nitrogens with zero attached hydrogens (tertiary/aromatic N) is 1. The van der Waals surface area contributed by atoms with Crippen LogP contribution in [0, 0.1) is 19.8 Å². The van der Waals surface area contributed by atoms with Gasteiger partial charge in [0.15, 0.2) is 0 Å². The number of ether oxygens (including phenoxy) is 1. The molecule has 0 unspecified atom stereocenters. The minimum atomic E-state index is -3.64. The summed E-state index contributed by atoms with van der Waals surface area (Å²) in [6, 6.07) is 7.44. The number of methoxy groups -OCH3 is 1. The summed E-state index contributed by atoms with van der Waals surface area (Å²) in [6.45, 7) is 6.84. The maximum Gasteiger partial charge on any atom is 0.268 e. The number of carbonyl (C=O) groups excluding carboxylic acids is 1. The highest BCUT2D eigenvalue weighted by atomic mass is 32.2. The first kappa shape index (κ1) is 21.4. The predicted molar refractivity (Wildman–Crippen MR) is 112 cm³/mol. The van der Waals surface area contributed by atoms with E-state index in [2.05, 4.69) is 17.2 Å². The van der Waals surface area contributed by atoms with Crippen LogP contribution in [0.5, 0.6) is 5.75 Å². The van der Waals surface area contributed by atoms with E-state index in [0.717, 1.165) is 18.4 Å². The number of H-pyrrole nitrogens is 1. The number of sulfonamides is 1. The lowest BCUT2D eigenvalue weighted by molar-refractivity contribution is 0.0945. The van der Waals surface area contributed by atoms with Crippen LogP contribution in [-0.4, -0.2) is 43.8 Å². The van der Waals surface area contributed by atoms with Gasteiger partial charge in [-0.25, -0.2) is 8.42 Å². The van der Waals surface area contributed by atoms with Gasteiger partial charge < -0.3 is 15.0 Å². The van der Waals surface area contributed by atoms with E-state index in [1.165, 1.54) is 4.31 Å². The van der Waals surface area contributed by atoms with Crippen molar-refractivity contribution >= 4 is 15.9 Å². The number of hydrogen-bond donors (Lipinski definition) is 2. The van der Waals surface area contributed by atoms with E-state index in [9.17, 15) is 13.2 Å². The van der Waals surface area contributed by atoms with Crippen molar-refractivity contribution in [2.24, 2.45) is 5.92 Å². The first-order valence-corrected chi connectivity index (χ1v) is 11.3. The number of rotatable bonds is 6. The highest BCUT2D eigenvalue weighted by Crippen LogP contribution is 2.29. The summed E-state index contributed by atoms with van der Waals surface area (Å²) in [6.07, 6.45) is 1.71. The van der Waals surface area contributed by atoms with E-state index in [-0.39, 0.29) is 23.0 Å². The highest BCUT2D eigenvalue weighted by molar-refractivity contribution is 7.89. The van der Waals surface area contributed by atoms with Crippen LogP contribution in [-0.2, 0) is 16.6 Å². The van der Waals surface area contributed by atoms with Crippen molar-refractivity contribution in [1.29, 1.82) is 0 Å². The van der Waals surface area contributed by atoms with Gasteiger partial charge in [-0.1, -0.05) is 25.1 Å². The quantitative estimate of drug-likeness (QED) is 0.753. The Morgan fingerprint density at radius 1 is 1.24 bits per heavy atom. The molecule has 0 radical (unpaired) electrons. The van der Waals surface area contributed by atoms with Crippen LogP contribution in [0.1, 0.15) is 47.1 Å². The summed E-state index contributed by atoms with van der Waals surface area (Å²) < 4.78 is 33.2. The van der Waals surface area contributed by atoms with E-state index in [1.807, 2.05) is 24.3 Å². The summed E-state index contributed by atoms with van der Waals surface area (Å²) >= 11 is 0. The molecule has 3 rings (SSSR count). The Hall–Kier alpha value is -2.32. The third-order valence-corrected chi connectivity index (χ3v) is 7.74. The molecular weight excluding hydrogens is 390 g/mol. The Morgan fingerprint density at radius 2 is 1.90 bits per heavy atom. The third kappa shape index (κ3) is 4.33. The zero-order chi connectivity index (χ0) is 21.2. The molecule has 1 fully saturated rings. The Balaban J connectivity index is 1.80. The normalized spacial score (nSPS) is 16.0. The van der Waals surface area contributed by atoms with Crippen molar-refractivity contribution in [1.82, 2.24) is 14.6 Å². The van der Waals surface area contributed by atoms with E-state index >= 15 is 0 Å². The lowest BCUT2D eigenvalue weighted by Gasteiger charge is -2.29. The summed E-state index contributed by atoms with van der Waals surface area (Å²) in [5, 5.41) is 2.85. The first-order valence-electron chi connectivity index (χ1n) is 9.85. The topological polar surface area (TPSA) is 91.5 Å². The van der Waals surface area contributed by atoms with Gasteiger partial charge in [0.1, 0.15) is 16.3 Å². The fraction of sp³-hybridized carbons (Fsp3) is 0.476. The average Bonchev–Trinajstić information content (AvgIpc) is 3.01. The molecule has 0 aliphatic carbocycles. The lowest BCUT2D eigenvalue weighted by atomic mass is 10.0. The minimum Gasteiger partial charge on any atom is -0.496 e. The molecule has 0 atom stereocenters. The molecule has 29 heavy (non-hydrogen) atoms. The van der Waals surface area contributed by atoms with Gasteiger partial charge in [-0.3, -0.25) is 4.79 Å². The van der Waals surface area contributed by atoms with Crippen molar-refractivity contribution < 1.29 is 17.9 Å². The maximum absolute atomic E-state index is 13.2. The molecule has 2 N–H and O–H groups in total. The number of aryl methyl sites for hydroxylation is 1. The zero-order valence-corrected chi connectivity index (χ0v) is 18.2. The molecule has 1 aromatic heterocycles. The van der Waals surface area contributed by atoms with Gasteiger partial charge in [0.2, 0.25) is 10.0 Å². The second-order valence-electron chi connectivity index (χ2n) is 7.66. The molecule has 8 heteroatoms. The molecule has 1 saturated heterocycles. The van der Waals surface area contributed by atoms with Gasteiger partial charge in [0.25, 0.3) is 5.91 Å². The fourth-order valence-corrected chi connectivity index (χ4v) is 5.69. The SMILES string of the molecule is COc1ccccc1CNC(=O)c1[nH]c(C)c(S(=O)(=O)N2CCC(C)CC2)c1C. The number of amides is 1. The Bertz CT molecular complexity index is 989. The van der Waals surface area contributed by atoms with Gasteiger partial charge in [0.05, 0.1) is 7.11 Å². The highest BCUT2D eigenvalue weighted by Gasteiger charge is 2.33. The van der Waals surface area contributed by atoms with Crippen LogP contribution in [0.4, 0.5) is 0 Å². The number of hydrogen-bond acceptors (Lipinski definition) is 4. The lowest BCUT2D eigenvalue weighted by Crippen LogP contribution is -2.38. The van der Waals surface area contributed by atoms with E-state index in [1.54, 1.807) is 21.0 Å². The number of para-hydroxylation sites is 1. The van der Waals surface area contributed by atoms with Crippen molar-refractivity contribution in [3.63, 3.8) is 0 Å². The molecule has 158 valence electrons. The molecule has 0 bridgehead atoms. The summed E-state index contributed by atoms with van der Waals surface area (Å²) in [5.41, 5.74) is 2.07. The van der Waals surface area contributed by atoms with Gasteiger partial charge in [-0.05, 0) is 44.2 Å². The number of aromatic amines is 1. The second kappa shape index (κ2) is 8.59. The summed E-state index contributed by atoms with van der Waals surface area (Å²) in [4.78, 5) is 16.0. The average molecular weight is 420 g/mol. The van der Waals surface area contributed by atoms with Crippen LogP contribution < -0.4 is 10.1 Å². The van der Waals surface area contributed by atoms with Gasteiger partial charge >= 0.3 is 0 Å². The smallest absolute Gasteiger partial charge is 0.268 e. The van der Waals surface area contributed by atoms with Gasteiger partial charge in [-0.2, -0.15) is 4.31 Å². The molecular formula is C21H29N3O4S. The maximum atomic E-state index is 13.2. The fourth-order valence-electron chi connectivity index (χ4n) is 3.81. The molecule has 0 saturated carbocycles. The van der Waals surface area contributed by atoms with Crippen LogP contribution >= 0.6 is 0 Å². The number of carbonyl (C=O) groups is 1. The Morgan fingerprint density at radius 3 is 2.55 bits per heavy atom.